The van der Waals surface area contributed by atoms with Gasteiger partial charge in [0.2, 0.25) is 5.95 Å². The number of rotatable bonds is 3. The average molecular weight is 365 g/mol. The van der Waals surface area contributed by atoms with Gasteiger partial charge in [-0.2, -0.15) is 0 Å². The summed E-state index contributed by atoms with van der Waals surface area (Å²) in [5, 5.41) is 7.92. The summed E-state index contributed by atoms with van der Waals surface area (Å²) in [5.41, 5.74) is 7.04. The second-order valence-electron chi connectivity index (χ2n) is 7.14. The van der Waals surface area contributed by atoms with Crippen molar-refractivity contribution in [2.24, 2.45) is 23.2 Å². The molecule has 5 nitrogen and oxygen atoms in total. The lowest BCUT2D eigenvalue weighted by atomic mass is 9.76. The van der Waals surface area contributed by atoms with E-state index in [4.69, 9.17) is 10.5 Å². The van der Waals surface area contributed by atoms with Crippen LogP contribution in [-0.4, -0.2) is 21.2 Å². The Bertz CT molecular complexity index is 730. The van der Waals surface area contributed by atoms with Crippen LogP contribution in [0.15, 0.2) is 16.7 Å². The molecule has 6 heteroatoms. The molecule has 4 atom stereocenters. The summed E-state index contributed by atoms with van der Waals surface area (Å²) >= 11 is 3.55. The van der Waals surface area contributed by atoms with Crippen LogP contribution in [0.5, 0.6) is 5.75 Å². The lowest BCUT2D eigenvalue weighted by Crippen LogP contribution is -2.26. The first-order valence-corrected chi connectivity index (χ1v) is 8.71. The van der Waals surface area contributed by atoms with Crippen LogP contribution in [0.4, 0.5) is 5.95 Å². The first-order valence-electron chi connectivity index (χ1n) is 7.91. The van der Waals surface area contributed by atoms with E-state index in [9.17, 15) is 0 Å². The van der Waals surface area contributed by atoms with Gasteiger partial charge >= 0.3 is 0 Å². The van der Waals surface area contributed by atoms with Crippen LogP contribution >= 0.6 is 15.9 Å². The third kappa shape index (κ3) is 2.11. The largest absolute Gasteiger partial charge is 0.492 e. The molecule has 22 heavy (non-hydrogen) atoms. The van der Waals surface area contributed by atoms with Crippen LogP contribution < -0.4 is 10.5 Å². The van der Waals surface area contributed by atoms with E-state index in [-0.39, 0.29) is 0 Å². The molecular weight excluding hydrogens is 344 g/mol. The third-order valence-electron chi connectivity index (χ3n) is 5.95. The zero-order chi connectivity index (χ0) is 15.5. The van der Waals surface area contributed by atoms with Gasteiger partial charge in [-0.3, -0.25) is 4.40 Å². The molecular formula is C16H21BrN4O. The lowest BCUT2D eigenvalue weighted by molar-refractivity contribution is 0.140. The Balaban J connectivity index is 1.49. The molecule has 2 aliphatic carbocycles. The monoisotopic (exact) mass is 364 g/mol. The Kier molecular flexibility index (Phi) is 3.15. The van der Waals surface area contributed by atoms with Crippen molar-refractivity contribution < 1.29 is 4.74 Å². The topological polar surface area (TPSA) is 65.4 Å². The number of aromatic nitrogens is 3. The van der Waals surface area contributed by atoms with Gasteiger partial charge in [0.05, 0.1) is 11.1 Å². The number of nitrogen functional groups attached to an aromatic ring is 1. The molecule has 2 aliphatic rings. The predicted molar refractivity (Wildman–Crippen MR) is 88.7 cm³/mol. The van der Waals surface area contributed by atoms with Gasteiger partial charge in [0.1, 0.15) is 5.75 Å². The van der Waals surface area contributed by atoms with Crippen LogP contribution in [0.2, 0.25) is 0 Å². The molecule has 0 aromatic carbocycles. The second-order valence-corrected chi connectivity index (χ2v) is 7.99. The molecule has 2 saturated carbocycles. The van der Waals surface area contributed by atoms with Gasteiger partial charge in [0.25, 0.3) is 0 Å². The minimum absolute atomic E-state index is 0.386. The third-order valence-corrected chi connectivity index (χ3v) is 6.55. The second kappa shape index (κ2) is 4.85. The van der Waals surface area contributed by atoms with Crippen molar-refractivity contribution in [3.8, 4) is 5.75 Å². The Hall–Kier alpha value is -1.30. The fourth-order valence-corrected chi connectivity index (χ4v) is 4.53. The lowest BCUT2D eigenvalue weighted by Gasteiger charge is -2.31. The van der Waals surface area contributed by atoms with E-state index < -0.39 is 0 Å². The molecule has 2 aromatic rings. The van der Waals surface area contributed by atoms with Crippen molar-refractivity contribution >= 4 is 27.5 Å². The first kappa shape index (κ1) is 14.3. The van der Waals surface area contributed by atoms with Crippen molar-refractivity contribution in [2.75, 3.05) is 12.3 Å². The molecule has 0 radical (unpaired) electrons. The zero-order valence-corrected chi connectivity index (χ0v) is 14.5. The van der Waals surface area contributed by atoms with Crippen molar-refractivity contribution in [1.82, 2.24) is 14.6 Å². The van der Waals surface area contributed by atoms with Gasteiger partial charge in [-0.25, -0.2) is 0 Å². The quantitative estimate of drug-likeness (QED) is 0.904. The highest BCUT2D eigenvalue weighted by molar-refractivity contribution is 9.10. The van der Waals surface area contributed by atoms with Crippen LogP contribution in [0, 0.1) is 23.2 Å². The molecule has 0 spiro atoms. The molecule has 0 bridgehead atoms. The standard InChI is InChI=1S/C16H21BrN4O/c1-9-3-4-10(11-6-16(9,11)2)8-22-13-5-14-19-20-15(18)21(14)7-12(13)17/h5,7,9-11H,3-4,6,8H2,1-2H3,(H2,18,20)/t9-,10-,11+,16?/m1/s1. The molecule has 0 amide bonds. The van der Waals surface area contributed by atoms with E-state index in [0.29, 0.717) is 22.9 Å². The van der Waals surface area contributed by atoms with E-state index in [1.165, 1.54) is 19.3 Å². The highest BCUT2D eigenvalue weighted by atomic mass is 79.9. The van der Waals surface area contributed by atoms with E-state index in [0.717, 1.165) is 28.7 Å². The molecule has 118 valence electrons. The Labute approximate surface area is 138 Å². The highest BCUT2D eigenvalue weighted by Gasteiger charge is 2.58. The maximum atomic E-state index is 6.10. The summed E-state index contributed by atoms with van der Waals surface area (Å²) in [7, 11) is 0. The minimum atomic E-state index is 0.386. The maximum absolute atomic E-state index is 6.10. The summed E-state index contributed by atoms with van der Waals surface area (Å²) in [6.07, 6.45) is 5.83. The van der Waals surface area contributed by atoms with E-state index in [1.807, 2.05) is 12.3 Å². The van der Waals surface area contributed by atoms with Crippen molar-refractivity contribution in [3.05, 3.63) is 16.7 Å². The number of anilines is 1. The normalized spacial score (nSPS) is 33.7. The van der Waals surface area contributed by atoms with Gasteiger partial charge in [-0.1, -0.05) is 13.8 Å². The number of pyridine rings is 1. The maximum Gasteiger partial charge on any atom is 0.226 e. The Morgan fingerprint density at radius 1 is 1.45 bits per heavy atom. The predicted octanol–water partition coefficient (Wildman–Crippen LogP) is 3.53. The fraction of sp³-hybridized carbons (Fsp3) is 0.625. The number of nitrogens with zero attached hydrogens (tertiary/aromatic N) is 3. The number of hydrogen-bond donors (Lipinski definition) is 1. The Morgan fingerprint density at radius 3 is 3.09 bits per heavy atom. The summed E-state index contributed by atoms with van der Waals surface area (Å²) < 4.78 is 8.73. The molecule has 0 aliphatic heterocycles. The first-order chi connectivity index (χ1) is 10.5. The summed E-state index contributed by atoms with van der Waals surface area (Å²) in [6.45, 7) is 5.62. The SMILES string of the molecule is C[C@@H]1CC[C@H](COc2cc3nnc(N)n3cc2Br)[C@@H]2CC12C. The van der Waals surface area contributed by atoms with Crippen LogP contribution in [0.25, 0.3) is 5.65 Å². The van der Waals surface area contributed by atoms with Gasteiger partial charge < -0.3 is 10.5 Å². The molecule has 2 fully saturated rings. The van der Waals surface area contributed by atoms with Crippen LogP contribution in [0.1, 0.15) is 33.1 Å². The number of halogens is 1. The molecule has 1 unspecified atom stereocenters. The van der Waals surface area contributed by atoms with Gasteiger partial charge in [-0.15, -0.1) is 10.2 Å². The van der Waals surface area contributed by atoms with Gasteiger partial charge in [-0.05, 0) is 58.4 Å². The summed E-state index contributed by atoms with van der Waals surface area (Å²) in [4.78, 5) is 0. The van der Waals surface area contributed by atoms with Crippen molar-refractivity contribution in [2.45, 2.75) is 33.1 Å². The molecule has 2 N–H and O–H groups in total. The number of fused-ring (bicyclic) bond motifs is 2. The Morgan fingerprint density at radius 2 is 2.27 bits per heavy atom. The minimum Gasteiger partial charge on any atom is -0.492 e. The number of nitrogens with two attached hydrogens (primary N) is 1. The molecule has 4 rings (SSSR count). The van der Waals surface area contributed by atoms with E-state index in [2.05, 4.69) is 40.0 Å². The molecule has 0 saturated heterocycles. The highest BCUT2D eigenvalue weighted by Crippen LogP contribution is 2.65. The van der Waals surface area contributed by atoms with Crippen LogP contribution in [0.3, 0.4) is 0 Å². The zero-order valence-electron chi connectivity index (χ0n) is 12.9. The van der Waals surface area contributed by atoms with Gasteiger partial charge in [0.15, 0.2) is 5.65 Å². The number of hydrogen-bond acceptors (Lipinski definition) is 4. The average Bonchev–Trinajstić information content (AvgIpc) is 3.09. The number of ether oxygens (including phenoxy) is 1. The summed E-state index contributed by atoms with van der Waals surface area (Å²) in [6, 6.07) is 1.89. The smallest absolute Gasteiger partial charge is 0.226 e. The summed E-state index contributed by atoms with van der Waals surface area (Å²) in [5.74, 6) is 3.57. The van der Waals surface area contributed by atoms with Gasteiger partial charge in [0, 0.05) is 12.3 Å². The van der Waals surface area contributed by atoms with Crippen LogP contribution in [-0.2, 0) is 0 Å². The fourth-order valence-electron chi connectivity index (χ4n) is 4.10. The van der Waals surface area contributed by atoms with E-state index in [1.54, 1.807) is 4.40 Å². The molecule has 2 aromatic heterocycles. The van der Waals surface area contributed by atoms with Crippen molar-refractivity contribution in [1.29, 1.82) is 0 Å². The van der Waals surface area contributed by atoms with Crippen molar-refractivity contribution in [3.63, 3.8) is 0 Å². The molecule has 2 heterocycles. The van der Waals surface area contributed by atoms with E-state index >= 15 is 0 Å².